The highest BCUT2D eigenvalue weighted by Crippen LogP contribution is 2.28. The summed E-state index contributed by atoms with van der Waals surface area (Å²) in [5.74, 6) is 0. The van der Waals surface area contributed by atoms with E-state index in [2.05, 4.69) is 38.4 Å². The molecule has 3 rings (SSSR count). The van der Waals surface area contributed by atoms with E-state index in [1.54, 1.807) is 0 Å². The summed E-state index contributed by atoms with van der Waals surface area (Å²) in [7, 11) is 0. The van der Waals surface area contributed by atoms with Gasteiger partial charge in [0.2, 0.25) is 0 Å². The summed E-state index contributed by atoms with van der Waals surface area (Å²) in [4.78, 5) is 4.72. The van der Waals surface area contributed by atoms with E-state index in [-0.39, 0.29) is 5.41 Å². The molecule has 1 heterocycles. The lowest BCUT2D eigenvalue weighted by Gasteiger charge is -2.29. The van der Waals surface area contributed by atoms with Gasteiger partial charge in [-0.15, -0.1) is 0 Å². The van der Waals surface area contributed by atoms with Crippen molar-refractivity contribution < 1.29 is 0 Å². The molecule has 1 fully saturated rings. The van der Waals surface area contributed by atoms with Gasteiger partial charge in [0.05, 0.1) is 0 Å². The quantitative estimate of drug-likeness (QED) is 0.886. The summed E-state index contributed by atoms with van der Waals surface area (Å²) >= 11 is 0. The first-order valence-corrected chi connectivity index (χ1v) is 8.27. The van der Waals surface area contributed by atoms with E-state index in [9.17, 15) is 0 Å². The van der Waals surface area contributed by atoms with Crippen LogP contribution < -0.4 is 5.32 Å². The molecule has 0 radical (unpaired) electrons. The van der Waals surface area contributed by atoms with Crippen LogP contribution in [0.25, 0.3) is 0 Å². The van der Waals surface area contributed by atoms with Gasteiger partial charge < -0.3 is 5.32 Å². The van der Waals surface area contributed by atoms with E-state index >= 15 is 0 Å². The second kappa shape index (κ2) is 5.48. The van der Waals surface area contributed by atoms with Crippen LogP contribution in [0.2, 0.25) is 0 Å². The van der Waals surface area contributed by atoms with Crippen LogP contribution in [-0.4, -0.2) is 17.1 Å². The fraction of sp³-hybridized carbons (Fsp3) is 0.722. The number of nitrogens with one attached hydrogen (secondary N) is 1. The number of hydrogen-bond donors (Lipinski definition) is 1. The van der Waals surface area contributed by atoms with Crippen LogP contribution in [0.3, 0.4) is 0 Å². The molecule has 0 amide bonds. The van der Waals surface area contributed by atoms with Crippen molar-refractivity contribution in [3.63, 3.8) is 0 Å². The predicted molar refractivity (Wildman–Crippen MR) is 84.1 cm³/mol. The third kappa shape index (κ3) is 3.06. The van der Waals surface area contributed by atoms with Crippen molar-refractivity contribution in [3.05, 3.63) is 29.1 Å². The molecule has 1 aromatic heterocycles. The lowest BCUT2D eigenvalue weighted by atomic mass is 9.84. The van der Waals surface area contributed by atoms with Gasteiger partial charge >= 0.3 is 0 Å². The first kappa shape index (κ1) is 14.1. The molecule has 2 nitrogen and oxygen atoms in total. The van der Waals surface area contributed by atoms with Gasteiger partial charge in [0.1, 0.15) is 0 Å². The Bertz CT molecular complexity index is 467. The molecule has 1 aromatic rings. The standard InChI is InChI=1S/C18H28N2/c1-18(2,3)14-10-13-11-16(8-9-17(13)19-12-14)20-15-6-4-5-7-15/h10,12,15-16,20H,4-9,11H2,1-3H3. The van der Waals surface area contributed by atoms with Crippen molar-refractivity contribution in [3.8, 4) is 0 Å². The molecule has 0 saturated heterocycles. The molecule has 2 aliphatic rings. The lowest BCUT2D eigenvalue weighted by molar-refractivity contribution is 0.392. The third-order valence-corrected chi connectivity index (χ3v) is 4.95. The molecule has 1 atom stereocenters. The highest BCUT2D eigenvalue weighted by Gasteiger charge is 2.25. The first-order valence-electron chi connectivity index (χ1n) is 8.27. The van der Waals surface area contributed by atoms with Crippen LogP contribution in [-0.2, 0) is 18.3 Å². The second-order valence-electron chi connectivity index (χ2n) is 7.67. The Labute approximate surface area is 123 Å². The van der Waals surface area contributed by atoms with Crippen LogP contribution in [0.4, 0.5) is 0 Å². The smallest absolute Gasteiger partial charge is 0.0436 e. The van der Waals surface area contributed by atoms with Gasteiger partial charge in [-0.25, -0.2) is 0 Å². The molecule has 0 aromatic carbocycles. The Kier molecular flexibility index (Phi) is 3.85. The van der Waals surface area contributed by atoms with Crippen LogP contribution in [0.1, 0.15) is 69.7 Å². The zero-order chi connectivity index (χ0) is 14.2. The number of pyridine rings is 1. The number of aromatic nitrogens is 1. The Morgan fingerprint density at radius 2 is 1.85 bits per heavy atom. The topological polar surface area (TPSA) is 24.9 Å². The minimum Gasteiger partial charge on any atom is -0.311 e. The molecule has 2 heteroatoms. The fourth-order valence-electron chi connectivity index (χ4n) is 3.60. The molecule has 2 aliphatic carbocycles. The Hall–Kier alpha value is -0.890. The monoisotopic (exact) mass is 272 g/mol. The molecule has 1 N–H and O–H groups in total. The van der Waals surface area contributed by atoms with Crippen LogP contribution in [0.15, 0.2) is 12.3 Å². The van der Waals surface area contributed by atoms with Gasteiger partial charge in [0.15, 0.2) is 0 Å². The molecule has 110 valence electrons. The molecule has 0 aliphatic heterocycles. The Morgan fingerprint density at radius 1 is 1.10 bits per heavy atom. The van der Waals surface area contributed by atoms with E-state index in [1.807, 2.05) is 0 Å². The molecular weight excluding hydrogens is 244 g/mol. The van der Waals surface area contributed by atoms with Crippen molar-refractivity contribution in [1.29, 1.82) is 0 Å². The molecule has 20 heavy (non-hydrogen) atoms. The van der Waals surface area contributed by atoms with Gasteiger partial charge in [-0.1, -0.05) is 39.7 Å². The highest BCUT2D eigenvalue weighted by molar-refractivity contribution is 5.32. The Morgan fingerprint density at radius 3 is 2.55 bits per heavy atom. The number of hydrogen-bond acceptors (Lipinski definition) is 2. The van der Waals surface area contributed by atoms with E-state index in [4.69, 9.17) is 4.98 Å². The zero-order valence-electron chi connectivity index (χ0n) is 13.2. The zero-order valence-corrected chi connectivity index (χ0v) is 13.2. The number of aryl methyl sites for hydroxylation is 1. The highest BCUT2D eigenvalue weighted by atomic mass is 15.0. The van der Waals surface area contributed by atoms with Crippen molar-refractivity contribution in [2.24, 2.45) is 0 Å². The molecular formula is C18H28N2. The summed E-state index contributed by atoms with van der Waals surface area (Å²) in [6.07, 6.45) is 11.2. The van der Waals surface area contributed by atoms with Crippen molar-refractivity contribution in [2.45, 2.75) is 83.2 Å². The van der Waals surface area contributed by atoms with Crippen molar-refractivity contribution in [2.75, 3.05) is 0 Å². The maximum absolute atomic E-state index is 4.72. The normalized spacial score (nSPS) is 23.9. The summed E-state index contributed by atoms with van der Waals surface area (Å²) in [5, 5.41) is 3.89. The second-order valence-corrected chi connectivity index (χ2v) is 7.67. The van der Waals surface area contributed by atoms with Gasteiger partial charge in [0.25, 0.3) is 0 Å². The van der Waals surface area contributed by atoms with Crippen molar-refractivity contribution in [1.82, 2.24) is 10.3 Å². The van der Waals surface area contributed by atoms with Gasteiger partial charge in [-0.05, 0) is 48.6 Å². The minimum atomic E-state index is 0.202. The molecule has 0 spiro atoms. The van der Waals surface area contributed by atoms with Gasteiger partial charge in [-0.2, -0.15) is 0 Å². The summed E-state index contributed by atoms with van der Waals surface area (Å²) in [5.41, 5.74) is 4.40. The van der Waals surface area contributed by atoms with E-state index in [0.717, 1.165) is 12.5 Å². The van der Waals surface area contributed by atoms with Crippen LogP contribution in [0, 0.1) is 0 Å². The van der Waals surface area contributed by atoms with E-state index < -0.39 is 0 Å². The number of fused-ring (bicyclic) bond motifs is 1. The fourth-order valence-corrected chi connectivity index (χ4v) is 3.60. The summed E-state index contributed by atoms with van der Waals surface area (Å²) in [6, 6.07) is 3.85. The average molecular weight is 272 g/mol. The predicted octanol–water partition coefficient (Wildman–Crippen LogP) is 3.77. The van der Waals surface area contributed by atoms with E-state index in [0.29, 0.717) is 6.04 Å². The number of rotatable bonds is 2. The van der Waals surface area contributed by atoms with E-state index in [1.165, 1.54) is 55.3 Å². The largest absolute Gasteiger partial charge is 0.311 e. The van der Waals surface area contributed by atoms with Gasteiger partial charge in [0, 0.05) is 24.0 Å². The maximum Gasteiger partial charge on any atom is 0.0436 e. The summed E-state index contributed by atoms with van der Waals surface area (Å²) < 4.78 is 0. The van der Waals surface area contributed by atoms with Crippen LogP contribution >= 0.6 is 0 Å². The SMILES string of the molecule is CC(C)(C)c1cnc2c(c1)CC(NC1CCCC1)CC2. The molecule has 1 unspecified atom stereocenters. The van der Waals surface area contributed by atoms with Crippen LogP contribution in [0.5, 0.6) is 0 Å². The summed E-state index contributed by atoms with van der Waals surface area (Å²) in [6.45, 7) is 6.81. The Balaban J connectivity index is 1.72. The maximum atomic E-state index is 4.72. The lowest BCUT2D eigenvalue weighted by Crippen LogP contribution is -2.40. The van der Waals surface area contributed by atoms with Gasteiger partial charge in [-0.3, -0.25) is 4.98 Å². The van der Waals surface area contributed by atoms with Crippen molar-refractivity contribution >= 4 is 0 Å². The average Bonchev–Trinajstić information content (AvgIpc) is 2.90. The first-order chi connectivity index (χ1) is 9.52. The molecule has 1 saturated carbocycles. The minimum absolute atomic E-state index is 0.202. The molecule has 0 bridgehead atoms. The number of nitrogens with zero attached hydrogens (tertiary/aromatic N) is 1. The third-order valence-electron chi connectivity index (χ3n) is 4.95.